The molecule has 0 aromatic heterocycles. The summed E-state index contributed by atoms with van der Waals surface area (Å²) >= 11 is 0. The van der Waals surface area contributed by atoms with Crippen LogP contribution in [0.1, 0.15) is 23.6 Å². The molecular weight excluding hydrogens is 407 g/mol. The fourth-order valence-electron chi connectivity index (χ4n) is 3.57. The number of nitrogens with one attached hydrogen (secondary N) is 1. The van der Waals surface area contributed by atoms with Gasteiger partial charge in [-0.3, -0.25) is 14.5 Å². The number of carbonyl (C=O) groups is 2. The van der Waals surface area contributed by atoms with Crippen molar-refractivity contribution in [2.24, 2.45) is 0 Å². The van der Waals surface area contributed by atoms with Crippen molar-refractivity contribution in [3.63, 3.8) is 0 Å². The third kappa shape index (κ3) is 4.39. The first kappa shape index (κ1) is 21.3. The Morgan fingerprint density at radius 2 is 1.66 bits per heavy atom. The van der Waals surface area contributed by atoms with E-state index in [0.717, 1.165) is 5.56 Å². The molecule has 0 saturated heterocycles. The van der Waals surface area contributed by atoms with Crippen molar-refractivity contribution >= 4 is 23.1 Å². The van der Waals surface area contributed by atoms with Crippen LogP contribution in [0.25, 0.3) is 5.57 Å². The second kappa shape index (κ2) is 9.06. The SMILES string of the molecule is CCOc1cccc(NC2=C(c3ccc(C)cc3)C(=O)N(Cc3ccc(F)cc3)C2=O)c1. The van der Waals surface area contributed by atoms with Gasteiger partial charge in [0.25, 0.3) is 11.8 Å². The highest BCUT2D eigenvalue weighted by Crippen LogP contribution is 2.32. The molecule has 5 nitrogen and oxygen atoms in total. The van der Waals surface area contributed by atoms with Crippen molar-refractivity contribution in [1.82, 2.24) is 4.90 Å². The normalized spacial score (nSPS) is 13.7. The molecule has 1 aliphatic rings. The van der Waals surface area contributed by atoms with Crippen molar-refractivity contribution < 1.29 is 18.7 Å². The number of anilines is 1. The predicted molar refractivity (Wildman–Crippen MR) is 121 cm³/mol. The molecule has 0 aliphatic carbocycles. The molecule has 0 atom stereocenters. The van der Waals surface area contributed by atoms with E-state index in [4.69, 9.17) is 4.74 Å². The molecule has 1 heterocycles. The van der Waals surface area contributed by atoms with Crippen molar-refractivity contribution in [2.45, 2.75) is 20.4 Å². The quantitative estimate of drug-likeness (QED) is 0.541. The van der Waals surface area contributed by atoms with E-state index in [2.05, 4.69) is 5.32 Å². The first-order valence-electron chi connectivity index (χ1n) is 10.4. The van der Waals surface area contributed by atoms with Crippen LogP contribution in [0.3, 0.4) is 0 Å². The van der Waals surface area contributed by atoms with Gasteiger partial charge in [-0.1, -0.05) is 48.0 Å². The van der Waals surface area contributed by atoms with Crippen molar-refractivity contribution in [3.8, 4) is 5.75 Å². The zero-order chi connectivity index (χ0) is 22.7. The molecule has 3 aromatic rings. The molecule has 0 saturated carbocycles. The van der Waals surface area contributed by atoms with Crippen LogP contribution < -0.4 is 10.1 Å². The zero-order valence-corrected chi connectivity index (χ0v) is 17.9. The van der Waals surface area contributed by atoms with Gasteiger partial charge < -0.3 is 10.1 Å². The molecule has 32 heavy (non-hydrogen) atoms. The molecule has 3 aromatic carbocycles. The highest BCUT2D eigenvalue weighted by atomic mass is 19.1. The maximum absolute atomic E-state index is 13.4. The predicted octanol–water partition coefficient (Wildman–Crippen LogP) is 4.93. The minimum absolute atomic E-state index is 0.0530. The first-order valence-corrected chi connectivity index (χ1v) is 10.4. The average Bonchev–Trinajstić information content (AvgIpc) is 3.01. The molecule has 2 amide bonds. The Morgan fingerprint density at radius 3 is 2.34 bits per heavy atom. The molecule has 6 heteroatoms. The summed E-state index contributed by atoms with van der Waals surface area (Å²) in [6.07, 6.45) is 0. The second-order valence-corrected chi connectivity index (χ2v) is 7.52. The smallest absolute Gasteiger partial charge is 0.278 e. The van der Waals surface area contributed by atoms with Crippen LogP contribution in [0.2, 0.25) is 0 Å². The van der Waals surface area contributed by atoms with Crippen LogP contribution >= 0.6 is 0 Å². The summed E-state index contributed by atoms with van der Waals surface area (Å²) in [6.45, 7) is 4.42. The second-order valence-electron chi connectivity index (χ2n) is 7.52. The molecular formula is C26H23FN2O3. The lowest BCUT2D eigenvalue weighted by atomic mass is 10.0. The monoisotopic (exact) mass is 430 g/mol. The third-order valence-corrected chi connectivity index (χ3v) is 5.18. The van der Waals surface area contributed by atoms with E-state index in [9.17, 15) is 14.0 Å². The van der Waals surface area contributed by atoms with Crippen LogP contribution in [-0.4, -0.2) is 23.3 Å². The van der Waals surface area contributed by atoms with Crippen LogP contribution in [0, 0.1) is 12.7 Å². The third-order valence-electron chi connectivity index (χ3n) is 5.18. The fourth-order valence-corrected chi connectivity index (χ4v) is 3.57. The molecule has 162 valence electrons. The molecule has 0 spiro atoms. The summed E-state index contributed by atoms with van der Waals surface area (Å²) in [5, 5.41) is 3.14. The Hall–Kier alpha value is -3.93. The van der Waals surface area contributed by atoms with Gasteiger partial charge in [0.05, 0.1) is 18.7 Å². The van der Waals surface area contributed by atoms with Crippen LogP contribution in [0.5, 0.6) is 5.75 Å². The van der Waals surface area contributed by atoms with Gasteiger partial charge in [0.1, 0.15) is 17.3 Å². The van der Waals surface area contributed by atoms with Crippen molar-refractivity contribution in [1.29, 1.82) is 0 Å². The van der Waals surface area contributed by atoms with E-state index in [1.807, 2.05) is 56.3 Å². The summed E-state index contributed by atoms with van der Waals surface area (Å²) in [5.74, 6) is -0.541. The number of imide groups is 1. The molecule has 0 unspecified atom stereocenters. The zero-order valence-electron chi connectivity index (χ0n) is 17.9. The largest absolute Gasteiger partial charge is 0.494 e. The van der Waals surface area contributed by atoms with E-state index >= 15 is 0 Å². The number of nitrogens with zero attached hydrogens (tertiary/aromatic N) is 1. The Kier molecular flexibility index (Phi) is 6.03. The van der Waals surface area contributed by atoms with E-state index in [1.165, 1.54) is 17.0 Å². The van der Waals surface area contributed by atoms with Crippen LogP contribution in [-0.2, 0) is 16.1 Å². The highest BCUT2D eigenvalue weighted by Gasteiger charge is 2.39. The van der Waals surface area contributed by atoms with Crippen LogP contribution in [0.4, 0.5) is 10.1 Å². The molecule has 1 aliphatic heterocycles. The maximum Gasteiger partial charge on any atom is 0.278 e. The highest BCUT2D eigenvalue weighted by molar-refractivity contribution is 6.36. The molecule has 0 radical (unpaired) electrons. The van der Waals surface area contributed by atoms with E-state index in [-0.39, 0.29) is 18.1 Å². The standard InChI is InChI=1S/C26H23FN2O3/c1-3-32-22-6-4-5-21(15-22)28-24-23(19-11-7-17(2)8-12-19)25(30)29(26(24)31)16-18-9-13-20(27)14-10-18/h4-15,28H,3,16H2,1-2H3. The topological polar surface area (TPSA) is 58.6 Å². The van der Waals surface area contributed by atoms with Gasteiger partial charge in [0, 0.05) is 11.8 Å². The van der Waals surface area contributed by atoms with E-state index < -0.39 is 11.8 Å². The number of hydrogen-bond acceptors (Lipinski definition) is 4. The van der Waals surface area contributed by atoms with Crippen molar-refractivity contribution in [3.05, 3.63) is 101 Å². The van der Waals surface area contributed by atoms with Gasteiger partial charge in [-0.05, 0) is 49.2 Å². The average molecular weight is 430 g/mol. The first-order chi connectivity index (χ1) is 15.5. The van der Waals surface area contributed by atoms with Crippen LogP contribution in [0.15, 0.2) is 78.5 Å². The number of aryl methyl sites for hydroxylation is 1. The Morgan fingerprint density at radius 1 is 0.938 bits per heavy atom. The Balaban J connectivity index is 1.71. The minimum atomic E-state index is -0.434. The number of carbonyl (C=O) groups excluding carboxylic acids is 2. The Labute approximate surface area is 186 Å². The number of amides is 2. The number of hydrogen-bond donors (Lipinski definition) is 1. The Bertz CT molecular complexity index is 1180. The summed E-state index contributed by atoms with van der Waals surface area (Å²) in [4.78, 5) is 27.9. The number of halogens is 1. The number of rotatable bonds is 7. The number of ether oxygens (including phenoxy) is 1. The molecule has 0 bridgehead atoms. The summed E-state index contributed by atoms with van der Waals surface area (Å²) in [6, 6.07) is 20.4. The lowest BCUT2D eigenvalue weighted by Gasteiger charge is -2.15. The van der Waals surface area contributed by atoms with Gasteiger partial charge in [0.2, 0.25) is 0 Å². The van der Waals surface area contributed by atoms with E-state index in [1.54, 1.807) is 18.2 Å². The van der Waals surface area contributed by atoms with Gasteiger partial charge in [-0.25, -0.2) is 4.39 Å². The lowest BCUT2D eigenvalue weighted by molar-refractivity contribution is -0.137. The molecule has 4 rings (SSSR count). The molecule has 1 N–H and O–H groups in total. The fraction of sp³-hybridized carbons (Fsp3) is 0.154. The van der Waals surface area contributed by atoms with Crippen molar-refractivity contribution in [2.75, 3.05) is 11.9 Å². The number of benzene rings is 3. The summed E-state index contributed by atoms with van der Waals surface area (Å²) in [7, 11) is 0. The van der Waals surface area contributed by atoms with E-state index in [0.29, 0.717) is 34.7 Å². The maximum atomic E-state index is 13.4. The van der Waals surface area contributed by atoms with Gasteiger partial charge >= 0.3 is 0 Å². The molecule has 0 fully saturated rings. The lowest BCUT2D eigenvalue weighted by Crippen LogP contribution is -2.32. The van der Waals surface area contributed by atoms with Gasteiger partial charge in [-0.2, -0.15) is 0 Å². The summed E-state index contributed by atoms with van der Waals surface area (Å²) < 4.78 is 18.8. The van der Waals surface area contributed by atoms with Gasteiger partial charge in [0.15, 0.2) is 0 Å². The summed E-state index contributed by atoms with van der Waals surface area (Å²) in [5.41, 5.74) is 3.51. The minimum Gasteiger partial charge on any atom is -0.494 e. The van der Waals surface area contributed by atoms with Gasteiger partial charge in [-0.15, -0.1) is 0 Å².